The van der Waals surface area contributed by atoms with Gasteiger partial charge < -0.3 is 9.47 Å². The molecule has 22 heavy (non-hydrogen) atoms. The molecule has 0 saturated carbocycles. The van der Waals surface area contributed by atoms with Gasteiger partial charge in [0.1, 0.15) is 0 Å². The van der Waals surface area contributed by atoms with Crippen molar-refractivity contribution >= 4 is 11.9 Å². The topological polar surface area (TPSA) is 52.6 Å². The van der Waals surface area contributed by atoms with Crippen LogP contribution in [-0.2, 0) is 19.1 Å². The summed E-state index contributed by atoms with van der Waals surface area (Å²) >= 11 is 0. The van der Waals surface area contributed by atoms with E-state index >= 15 is 0 Å². The fraction of sp³-hybridized carbons (Fsp3) is 0.778. The van der Waals surface area contributed by atoms with E-state index in [1.165, 1.54) is 5.57 Å². The third-order valence-electron chi connectivity index (χ3n) is 3.11. The molecule has 0 aromatic heterocycles. The quantitative estimate of drug-likeness (QED) is 0.365. The lowest BCUT2D eigenvalue weighted by Crippen LogP contribution is -2.21. The Kier molecular flexibility index (Phi) is 10.6. The predicted octanol–water partition coefficient (Wildman–Crippen LogP) is 4.14. The molecular weight excluding hydrogens is 280 g/mol. The number of ether oxygens (including phenoxy) is 2. The van der Waals surface area contributed by atoms with Crippen LogP contribution in [0.3, 0.4) is 0 Å². The van der Waals surface area contributed by atoms with Gasteiger partial charge in [0.05, 0.1) is 13.2 Å². The minimum absolute atomic E-state index is 0.181. The number of hydrogen-bond acceptors (Lipinski definition) is 4. The standard InChI is InChI=1S/C18H32O4/c1-7-21-17(19)18(20)22-9-8-15(6)12-16(10-13(2)3)11-14(4)5/h12-15H,7-11H2,1-6H3. The number of allylic oxidation sites excluding steroid dienone is 2. The molecule has 0 bridgehead atoms. The molecule has 1 unspecified atom stereocenters. The first-order valence-corrected chi connectivity index (χ1v) is 8.29. The highest BCUT2D eigenvalue weighted by Gasteiger charge is 2.16. The molecule has 0 fully saturated rings. The SMILES string of the molecule is CCOC(=O)C(=O)OCCC(C)C=C(CC(C)C)CC(C)C. The first-order chi connectivity index (χ1) is 10.3. The van der Waals surface area contributed by atoms with Crippen molar-refractivity contribution in [2.24, 2.45) is 17.8 Å². The van der Waals surface area contributed by atoms with Gasteiger partial charge in [0.25, 0.3) is 0 Å². The van der Waals surface area contributed by atoms with Crippen LogP contribution in [0.1, 0.15) is 60.8 Å². The number of carbonyl (C=O) groups excluding carboxylic acids is 2. The Bertz CT molecular complexity index is 357. The first kappa shape index (κ1) is 20.7. The van der Waals surface area contributed by atoms with Crippen LogP contribution in [0, 0.1) is 17.8 Å². The summed E-state index contributed by atoms with van der Waals surface area (Å²) in [5, 5.41) is 0. The van der Waals surface area contributed by atoms with Crippen LogP contribution in [0.2, 0.25) is 0 Å². The molecule has 0 saturated heterocycles. The summed E-state index contributed by atoms with van der Waals surface area (Å²) < 4.78 is 9.52. The number of rotatable bonds is 9. The molecule has 1 atom stereocenters. The lowest BCUT2D eigenvalue weighted by atomic mass is 9.92. The largest absolute Gasteiger partial charge is 0.458 e. The Labute approximate surface area is 135 Å². The van der Waals surface area contributed by atoms with Crippen molar-refractivity contribution in [2.45, 2.75) is 60.8 Å². The molecule has 0 rings (SSSR count). The Balaban J connectivity index is 4.32. The van der Waals surface area contributed by atoms with Gasteiger partial charge in [-0.25, -0.2) is 9.59 Å². The van der Waals surface area contributed by atoms with Crippen molar-refractivity contribution in [3.63, 3.8) is 0 Å². The summed E-state index contributed by atoms with van der Waals surface area (Å²) in [4.78, 5) is 22.4. The highest BCUT2D eigenvalue weighted by molar-refractivity contribution is 6.29. The van der Waals surface area contributed by atoms with Crippen LogP contribution < -0.4 is 0 Å². The summed E-state index contributed by atoms with van der Waals surface area (Å²) in [6, 6.07) is 0. The zero-order valence-electron chi connectivity index (χ0n) is 15.0. The molecule has 0 N–H and O–H groups in total. The van der Waals surface area contributed by atoms with E-state index in [0.29, 0.717) is 24.2 Å². The van der Waals surface area contributed by atoms with E-state index in [2.05, 4.69) is 45.4 Å². The smallest absolute Gasteiger partial charge is 0.417 e. The average Bonchev–Trinajstić information content (AvgIpc) is 2.36. The van der Waals surface area contributed by atoms with Gasteiger partial charge in [-0.05, 0) is 43.9 Å². The molecule has 0 aliphatic heterocycles. The highest BCUT2D eigenvalue weighted by atomic mass is 16.6. The summed E-state index contributed by atoms with van der Waals surface area (Å²) in [6.07, 6.45) is 5.21. The molecule has 0 radical (unpaired) electrons. The Hall–Kier alpha value is -1.32. The van der Waals surface area contributed by atoms with Crippen LogP contribution in [-0.4, -0.2) is 25.2 Å². The molecule has 0 spiro atoms. The average molecular weight is 312 g/mol. The molecule has 128 valence electrons. The van der Waals surface area contributed by atoms with E-state index in [0.717, 1.165) is 12.8 Å². The first-order valence-electron chi connectivity index (χ1n) is 8.29. The van der Waals surface area contributed by atoms with E-state index in [1.807, 2.05) is 0 Å². The maximum Gasteiger partial charge on any atom is 0.417 e. The molecule has 0 amide bonds. The van der Waals surface area contributed by atoms with E-state index in [4.69, 9.17) is 4.74 Å². The van der Waals surface area contributed by atoms with Gasteiger partial charge in [-0.15, -0.1) is 0 Å². The van der Waals surface area contributed by atoms with Crippen molar-refractivity contribution in [3.05, 3.63) is 11.6 Å². The summed E-state index contributed by atoms with van der Waals surface area (Å²) in [5.41, 5.74) is 1.47. The number of hydrogen-bond donors (Lipinski definition) is 0. The van der Waals surface area contributed by atoms with Gasteiger partial charge in [-0.2, -0.15) is 0 Å². The number of esters is 2. The second kappa shape index (κ2) is 11.3. The Morgan fingerprint density at radius 1 is 0.909 bits per heavy atom. The molecule has 4 nitrogen and oxygen atoms in total. The van der Waals surface area contributed by atoms with Crippen molar-refractivity contribution < 1.29 is 19.1 Å². The van der Waals surface area contributed by atoms with Crippen LogP contribution in [0.4, 0.5) is 0 Å². The van der Waals surface area contributed by atoms with Crippen molar-refractivity contribution in [1.82, 2.24) is 0 Å². The van der Waals surface area contributed by atoms with Crippen LogP contribution >= 0.6 is 0 Å². The highest BCUT2D eigenvalue weighted by Crippen LogP contribution is 2.22. The van der Waals surface area contributed by atoms with Gasteiger partial charge in [0.2, 0.25) is 0 Å². The van der Waals surface area contributed by atoms with Gasteiger partial charge >= 0.3 is 11.9 Å². The van der Waals surface area contributed by atoms with Crippen LogP contribution in [0.5, 0.6) is 0 Å². The normalized spacial score (nSPS) is 12.2. The van der Waals surface area contributed by atoms with Gasteiger partial charge in [-0.1, -0.05) is 46.3 Å². The second-order valence-electron chi connectivity index (χ2n) is 6.64. The van der Waals surface area contributed by atoms with E-state index < -0.39 is 11.9 Å². The minimum Gasteiger partial charge on any atom is -0.458 e. The third-order valence-corrected chi connectivity index (χ3v) is 3.11. The van der Waals surface area contributed by atoms with E-state index in [9.17, 15) is 9.59 Å². The Morgan fingerprint density at radius 3 is 1.86 bits per heavy atom. The van der Waals surface area contributed by atoms with E-state index in [1.54, 1.807) is 6.92 Å². The second-order valence-corrected chi connectivity index (χ2v) is 6.64. The van der Waals surface area contributed by atoms with Gasteiger partial charge in [-0.3, -0.25) is 0 Å². The molecule has 0 aromatic rings. The summed E-state index contributed by atoms with van der Waals surface area (Å²) in [5.74, 6) is -0.214. The number of carbonyl (C=O) groups is 2. The van der Waals surface area contributed by atoms with Crippen LogP contribution in [0.15, 0.2) is 11.6 Å². The fourth-order valence-corrected chi connectivity index (χ4v) is 2.34. The van der Waals surface area contributed by atoms with E-state index in [-0.39, 0.29) is 13.2 Å². The zero-order valence-corrected chi connectivity index (χ0v) is 15.0. The maximum absolute atomic E-state index is 11.3. The zero-order chi connectivity index (χ0) is 17.1. The van der Waals surface area contributed by atoms with Crippen molar-refractivity contribution in [2.75, 3.05) is 13.2 Å². The van der Waals surface area contributed by atoms with Crippen molar-refractivity contribution in [3.8, 4) is 0 Å². The van der Waals surface area contributed by atoms with Gasteiger partial charge in [0, 0.05) is 0 Å². The lowest BCUT2D eigenvalue weighted by molar-refractivity contribution is -0.167. The monoisotopic (exact) mass is 312 g/mol. The fourth-order valence-electron chi connectivity index (χ4n) is 2.34. The molecule has 0 aliphatic rings. The van der Waals surface area contributed by atoms with Gasteiger partial charge in [0.15, 0.2) is 0 Å². The van der Waals surface area contributed by atoms with Crippen LogP contribution in [0.25, 0.3) is 0 Å². The summed E-state index contributed by atoms with van der Waals surface area (Å²) in [6.45, 7) is 13.1. The molecule has 0 heterocycles. The third kappa shape index (κ3) is 10.4. The molecule has 0 aliphatic carbocycles. The molecule has 4 heteroatoms. The minimum atomic E-state index is -0.911. The molecular formula is C18H32O4. The Morgan fingerprint density at radius 2 is 1.41 bits per heavy atom. The lowest BCUT2D eigenvalue weighted by Gasteiger charge is -2.15. The summed E-state index contributed by atoms with van der Waals surface area (Å²) in [7, 11) is 0. The maximum atomic E-state index is 11.3. The van der Waals surface area contributed by atoms with Crippen molar-refractivity contribution in [1.29, 1.82) is 0 Å². The predicted molar refractivity (Wildman–Crippen MR) is 88.4 cm³/mol. The molecule has 0 aromatic carbocycles.